The summed E-state index contributed by atoms with van der Waals surface area (Å²) >= 11 is 0. The second-order valence-electron chi connectivity index (χ2n) is 3.97. The molecule has 1 rings (SSSR count). The summed E-state index contributed by atoms with van der Waals surface area (Å²) in [4.78, 5) is 22.7. The van der Waals surface area contributed by atoms with Crippen LogP contribution in [-0.4, -0.2) is 17.9 Å². The van der Waals surface area contributed by atoms with E-state index >= 15 is 0 Å². The lowest BCUT2D eigenvalue weighted by Gasteiger charge is -2.09. The first-order valence-electron chi connectivity index (χ1n) is 5.45. The first-order chi connectivity index (χ1) is 8.00. The van der Waals surface area contributed by atoms with Gasteiger partial charge in [-0.15, -0.1) is 12.4 Å². The Morgan fingerprint density at radius 2 is 1.94 bits per heavy atom. The van der Waals surface area contributed by atoms with Crippen molar-refractivity contribution in [3.8, 4) is 0 Å². The Kier molecular flexibility index (Phi) is 7.00. The predicted octanol–water partition coefficient (Wildman–Crippen LogP) is 1.27. The monoisotopic (exact) mass is 271 g/mol. The lowest BCUT2D eigenvalue weighted by molar-refractivity contribution is -0.116. The highest BCUT2D eigenvalue weighted by Crippen LogP contribution is 2.14. The topological polar surface area (TPSA) is 98.2 Å². The fraction of sp³-hybridized carbons (Fsp3) is 0.333. The highest BCUT2D eigenvalue weighted by molar-refractivity contribution is 6.02. The zero-order valence-electron chi connectivity index (χ0n) is 10.2. The third-order valence-electron chi connectivity index (χ3n) is 2.29. The van der Waals surface area contributed by atoms with Gasteiger partial charge in [0.25, 0.3) is 5.91 Å². The van der Waals surface area contributed by atoms with Crippen molar-refractivity contribution in [2.75, 3.05) is 5.32 Å². The van der Waals surface area contributed by atoms with Gasteiger partial charge in [-0.05, 0) is 25.5 Å². The number of anilines is 1. The van der Waals surface area contributed by atoms with Crippen LogP contribution in [0.25, 0.3) is 0 Å². The number of amides is 2. The summed E-state index contributed by atoms with van der Waals surface area (Å²) in [7, 11) is 0. The molecule has 100 valence electrons. The standard InChI is InChI=1S/C12H17N3O2.ClH/c1-8(13)6-7-11(16)15-10-5-3-2-4-9(10)12(14)17;/h2-5,8H,6-7,13H2,1H3,(H2,14,17)(H,15,16);1H. The number of primary amides is 1. The maximum absolute atomic E-state index is 11.6. The van der Waals surface area contributed by atoms with Crippen molar-refractivity contribution in [3.63, 3.8) is 0 Å². The fourth-order valence-electron chi connectivity index (χ4n) is 1.38. The van der Waals surface area contributed by atoms with Gasteiger partial charge < -0.3 is 16.8 Å². The SMILES string of the molecule is CC(N)CCC(=O)Nc1ccccc1C(N)=O.Cl. The Hall–Kier alpha value is -1.59. The Balaban J connectivity index is 0.00000289. The number of nitrogens with one attached hydrogen (secondary N) is 1. The number of nitrogens with two attached hydrogens (primary N) is 2. The summed E-state index contributed by atoms with van der Waals surface area (Å²) in [5.41, 5.74) is 11.5. The molecule has 0 aromatic heterocycles. The summed E-state index contributed by atoms with van der Waals surface area (Å²) in [6, 6.07) is 6.62. The highest BCUT2D eigenvalue weighted by Gasteiger charge is 2.10. The summed E-state index contributed by atoms with van der Waals surface area (Å²) in [5, 5.41) is 2.65. The van der Waals surface area contributed by atoms with Crippen LogP contribution >= 0.6 is 12.4 Å². The molecule has 5 N–H and O–H groups in total. The molecule has 5 nitrogen and oxygen atoms in total. The minimum atomic E-state index is -0.562. The average molecular weight is 272 g/mol. The largest absolute Gasteiger partial charge is 0.366 e. The first-order valence-corrected chi connectivity index (χ1v) is 5.45. The van der Waals surface area contributed by atoms with Crippen LogP contribution in [-0.2, 0) is 4.79 Å². The van der Waals surface area contributed by atoms with E-state index in [4.69, 9.17) is 11.5 Å². The van der Waals surface area contributed by atoms with Crippen molar-refractivity contribution in [2.45, 2.75) is 25.8 Å². The molecule has 0 aliphatic rings. The average Bonchev–Trinajstić information content (AvgIpc) is 2.27. The summed E-state index contributed by atoms with van der Waals surface area (Å²) < 4.78 is 0. The van der Waals surface area contributed by atoms with Crippen LogP contribution in [0.1, 0.15) is 30.1 Å². The lowest BCUT2D eigenvalue weighted by atomic mass is 10.1. The second kappa shape index (κ2) is 7.68. The number of halogens is 1. The van der Waals surface area contributed by atoms with Crippen molar-refractivity contribution in [1.29, 1.82) is 0 Å². The summed E-state index contributed by atoms with van der Waals surface area (Å²) in [6.45, 7) is 1.84. The third-order valence-corrected chi connectivity index (χ3v) is 2.29. The zero-order chi connectivity index (χ0) is 12.8. The smallest absolute Gasteiger partial charge is 0.250 e. The highest BCUT2D eigenvalue weighted by atomic mass is 35.5. The van der Waals surface area contributed by atoms with Crippen molar-refractivity contribution >= 4 is 29.9 Å². The normalized spacial score (nSPS) is 11.2. The van der Waals surface area contributed by atoms with E-state index in [1.165, 1.54) is 0 Å². The number of para-hydroxylation sites is 1. The van der Waals surface area contributed by atoms with E-state index in [0.29, 0.717) is 24.1 Å². The quantitative estimate of drug-likeness (QED) is 0.752. The molecule has 0 saturated carbocycles. The molecule has 0 spiro atoms. The molecule has 0 heterocycles. The molecule has 1 aromatic carbocycles. The van der Waals surface area contributed by atoms with Gasteiger partial charge >= 0.3 is 0 Å². The van der Waals surface area contributed by atoms with Crippen LogP contribution in [0.5, 0.6) is 0 Å². The second-order valence-corrected chi connectivity index (χ2v) is 3.97. The molecule has 0 radical (unpaired) electrons. The van der Waals surface area contributed by atoms with Crippen LogP contribution in [0.15, 0.2) is 24.3 Å². The maximum atomic E-state index is 11.6. The molecule has 0 bridgehead atoms. The molecule has 0 fully saturated rings. The lowest BCUT2D eigenvalue weighted by Crippen LogP contribution is -2.21. The van der Waals surface area contributed by atoms with Gasteiger partial charge in [0.2, 0.25) is 5.91 Å². The van der Waals surface area contributed by atoms with Gasteiger partial charge in [-0.1, -0.05) is 12.1 Å². The number of rotatable bonds is 5. The predicted molar refractivity (Wildman–Crippen MR) is 73.7 cm³/mol. The third kappa shape index (κ3) is 5.16. The number of benzene rings is 1. The Bertz CT molecular complexity index is 422. The van der Waals surface area contributed by atoms with Gasteiger partial charge in [-0.25, -0.2) is 0 Å². The van der Waals surface area contributed by atoms with Gasteiger partial charge in [0.05, 0.1) is 11.3 Å². The zero-order valence-corrected chi connectivity index (χ0v) is 11.0. The van der Waals surface area contributed by atoms with Crippen molar-refractivity contribution < 1.29 is 9.59 Å². The van der Waals surface area contributed by atoms with Crippen LogP contribution in [0.3, 0.4) is 0 Å². The van der Waals surface area contributed by atoms with Gasteiger partial charge in [0.1, 0.15) is 0 Å². The number of carbonyl (C=O) groups excluding carboxylic acids is 2. The number of carbonyl (C=O) groups is 2. The molecule has 2 amide bonds. The molecule has 0 aliphatic carbocycles. The van der Waals surface area contributed by atoms with E-state index in [1.54, 1.807) is 24.3 Å². The van der Waals surface area contributed by atoms with Gasteiger partial charge in [0.15, 0.2) is 0 Å². The van der Waals surface area contributed by atoms with E-state index in [0.717, 1.165) is 0 Å². The van der Waals surface area contributed by atoms with Crippen molar-refractivity contribution in [1.82, 2.24) is 0 Å². The minimum Gasteiger partial charge on any atom is -0.366 e. The van der Waals surface area contributed by atoms with Crippen molar-refractivity contribution in [2.24, 2.45) is 11.5 Å². The van der Waals surface area contributed by atoms with E-state index in [2.05, 4.69) is 5.32 Å². The van der Waals surface area contributed by atoms with Gasteiger partial charge in [-0.2, -0.15) is 0 Å². The van der Waals surface area contributed by atoms with Gasteiger partial charge in [-0.3, -0.25) is 9.59 Å². The van der Waals surface area contributed by atoms with Crippen LogP contribution in [0.2, 0.25) is 0 Å². The molecule has 1 aromatic rings. The molecule has 0 saturated heterocycles. The molecule has 0 aliphatic heterocycles. The first kappa shape index (κ1) is 16.4. The van der Waals surface area contributed by atoms with Crippen LogP contribution in [0, 0.1) is 0 Å². The molecular weight excluding hydrogens is 254 g/mol. The van der Waals surface area contributed by atoms with Crippen LogP contribution < -0.4 is 16.8 Å². The summed E-state index contributed by atoms with van der Waals surface area (Å²) in [5.74, 6) is -0.732. The molecular formula is C12H18ClN3O2. The van der Waals surface area contributed by atoms with E-state index in [-0.39, 0.29) is 24.4 Å². The van der Waals surface area contributed by atoms with E-state index in [9.17, 15) is 9.59 Å². The minimum absolute atomic E-state index is 0. The molecule has 1 unspecified atom stereocenters. The Morgan fingerprint density at radius 1 is 1.33 bits per heavy atom. The molecule has 1 atom stereocenters. The fourth-order valence-corrected chi connectivity index (χ4v) is 1.38. The number of hydrogen-bond donors (Lipinski definition) is 3. The molecule has 6 heteroatoms. The van der Waals surface area contributed by atoms with Crippen molar-refractivity contribution in [3.05, 3.63) is 29.8 Å². The number of hydrogen-bond acceptors (Lipinski definition) is 3. The van der Waals surface area contributed by atoms with E-state index in [1.807, 2.05) is 6.92 Å². The van der Waals surface area contributed by atoms with Crippen LogP contribution in [0.4, 0.5) is 5.69 Å². The molecule has 18 heavy (non-hydrogen) atoms. The van der Waals surface area contributed by atoms with Gasteiger partial charge in [0, 0.05) is 12.5 Å². The Morgan fingerprint density at radius 3 is 2.50 bits per heavy atom. The maximum Gasteiger partial charge on any atom is 0.250 e. The van der Waals surface area contributed by atoms with E-state index < -0.39 is 5.91 Å². The Labute approximate surface area is 112 Å². The summed E-state index contributed by atoms with van der Waals surface area (Å²) in [6.07, 6.45) is 0.926.